The SMILES string of the molecule is O=C(O)CCC(NC(=O)CC12CC3CC(CC(C3)C1)C2)C(=O)O. The van der Waals surface area contributed by atoms with Crippen molar-refractivity contribution < 1.29 is 24.6 Å². The summed E-state index contributed by atoms with van der Waals surface area (Å²) in [4.78, 5) is 34.2. The van der Waals surface area contributed by atoms with E-state index in [2.05, 4.69) is 5.32 Å². The number of hydrogen-bond donors (Lipinski definition) is 3. The summed E-state index contributed by atoms with van der Waals surface area (Å²) in [7, 11) is 0. The summed E-state index contributed by atoms with van der Waals surface area (Å²) in [6.07, 6.45) is 7.27. The fraction of sp³-hybridized carbons (Fsp3) is 0.824. The Morgan fingerprint density at radius 3 is 1.96 bits per heavy atom. The van der Waals surface area contributed by atoms with Gasteiger partial charge >= 0.3 is 11.9 Å². The number of hydrogen-bond acceptors (Lipinski definition) is 3. The van der Waals surface area contributed by atoms with E-state index in [1.165, 1.54) is 19.3 Å². The van der Waals surface area contributed by atoms with Gasteiger partial charge in [-0.15, -0.1) is 0 Å². The van der Waals surface area contributed by atoms with Crippen molar-refractivity contribution in [2.24, 2.45) is 23.2 Å². The first-order chi connectivity index (χ1) is 10.8. The normalized spacial score (nSPS) is 35.7. The highest BCUT2D eigenvalue weighted by molar-refractivity contribution is 5.84. The van der Waals surface area contributed by atoms with E-state index >= 15 is 0 Å². The molecule has 0 heterocycles. The molecule has 0 aromatic rings. The topological polar surface area (TPSA) is 104 Å². The van der Waals surface area contributed by atoms with Gasteiger partial charge in [-0.25, -0.2) is 4.79 Å². The van der Waals surface area contributed by atoms with Crippen LogP contribution in [0.25, 0.3) is 0 Å². The van der Waals surface area contributed by atoms with E-state index < -0.39 is 18.0 Å². The molecule has 4 aliphatic carbocycles. The maximum Gasteiger partial charge on any atom is 0.326 e. The number of carboxylic acid groups (broad SMARTS) is 2. The van der Waals surface area contributed by atoms with Crippen molar-refractivity contribution in [1.29, 1.82) is 0 Å². The van der Waals surface area contributed by atoms with Crippen molar-refractivity contribution in [2.75, 3.05) is 0 Å². The molecule has 0 spiro atoms. The fourth-order valence-corrected chi connectivity index (χ4v) is 5.62. The molecule has 1 unspecified atom stereocenters. The van der Waals surface area contributed by atoms with Gasteiger partial charge in [0.2, 0.25) is 5.91 Å². The third-order valence-electron chi connectivity index (χ3n) is 5.98. The van der Waals surface area contributed by atoms with E-state index in [1.54, 1.807) is 0 Å². The summed E-state index contributed by atoms with van der Waals surface area (Å²) in [5.74, 6) is -0.203. The molecule has 0 radical (unpaired) electrons. The molecule has 0 saturated heterocycles. The number of carboxylic acids is 2. The third-order valence-corrected chi connectivity index (χ3v) is 5.98. The van der Waals surface area contributed by atoms with Crippen molar-refractivity contribution in [3.63, 3.8) is 0 Å². The molecule has 4 saturated carbocycles. The maximum atomic E-state index is 12.4. The van der Waals surface area contributed by atoms with Crippen LogP contribution in [-0.2, 0) is 14.4 Å². The van der Waals surface area contributed by atoms with E-state index in [4.69, 9.17) is 10.2 Å². The Bertz CT molecular complexity index is 480. The van der Waals surface area contributed by atoms with Gasteiger partial charge in [-0.1, -0.05) is 0 Å². The van der Waals surface area contributed by atoms with Gasteiger partial charge in [0.25, 0.3) is 0 Å². The molecule has 0 aliphatic heterocycles. The fourth-order valence-electron chi connectivity index (χ4n) is 5.62. The first-order valence-electron chi connectivity index (χ1n) is 8.59. The molecule has 1 amide bonds. The molecule has 0 aromatic heterocycles. The molecule has 6 nitrogen and oxygen atoms in total. The molecular formula is C17H25NO5. The average Bonchev–Trinajstić information content (AvgIpc) is 2.40. The highest BCUT2D eigenvalue weighted by atomic mass is 16.4. The summed E-state index contributed by atoms with van der Waals surface area (Å²) in [6.45, 7) is 0. The molecule has 0 aromatic carbocycles. The van der Waals surface area contributed by atoms with Crippen LogP contribution in [-0.4, -0.2) is 34.1 Å². The van der Waals surface area contributed by atoms with Gasteiger partial charge in [-0.2, -0.15) is 0 Å². The van der Waals surface area contributed by atoms with E-state index in [1.807, 2.05) is 0 Å². The van der Waals surface area contributed by atoms with E-state index in [0.29, 0.717) is 6.42 Å². The zero-order chi connectivity index (χ0) is 16.6. The van der Waals surface area contributed by atoms with Crippen LogP contribution in [0.3, 0.4) is 0 Å². The Balaban J connectivity index is 1.58. The molecule has 23 heavy (non-hydrogen) atoms. The summed E-state index contributed by atoms with van der Waals surface area (Å²) in [6, 6.07) is -1.10. The Hall–Kier alpha value is -1.59. The van der Waals surface area contributed by atoms with Crippen molar-refractivity contribution in [3.05, 3.63) is 0 Å². The van der Waals surface area contributed by atoms with E-state index in [0.717, 1.165) is 37.0 Å². The van der Waals surface area contributed by atoms with Crippen LogP contribution >= 0.6 is 0 Å². The molecule has 6 heteroatoms. The zero-order valence-corrected chi connectivity index (χ0v) is 13.3. The summed E-state index contributed by atoms with van der Waals surface area (Å²) in [5.41, 5.74) is 0.0642. The maximum absolute atomic E-state index is 12.4. The molecule has 4 fully saturated rings. The average molecular weight is 323 g/mol. The Labute approximate surface area is 135 Å². The number of carbonyl (C=O) groups excluding carboxylic acids is 1. The number of aliphatic carboxylic acids is 2. The van der Waals surface area contributed by atoms with Crippen LogP contribution in [0.4, 0.5) is 0 Å². The zero-order valence-electron chi connectivity index (χ0n) is 13.3. The standard InChI is InChI=1S/C17H25NO5/c19-14(18-13(16(22)23)1-2-15(20)21)9-17-6-10-3-11(7-17)5-12(4-10)8-17/h10-13H,1-9H2,(H,18,19)(H,20,21)(H,22,23). The van der Waals surface area contributed by atoms with E-state index in [9.17, 15) is 14.4 Å². The first kappa shape index (κ1) is 16.3. The number of amides is 1. The van der Waals surface area contributed by atoms with Crippen molar-refractivity contribution in [2.45, 2.75) is 63.8 Å². The molecule has 3 N–H and O–H groups in total. The van der Waals surface area contributed by atoms with Crippen LogP contribution < -0.4 is 5.32 Å². The highest BCUT2D eigenvalue weighted by Gasteiger charge is 2.51. The number of rotatable bonds is 7. The molecular weight excluding hydrogens is 298 g/mol. The second kappa shape index (κ2) is 6.13. The van der Waals surface area contributed by atoms with Gasteiger partial charge in [-0.05, 0) is 68.1 Å². The van der Waals surface area contributed by atoms with Crippen LogP contribution in [0.15, 0.2) is 0 Å². The van der Waals surface area contributed by atoms with Crippen molar-refractivity contribution in [3.8, 4) is 0 Å². The Morgan fingerprint density at radius 2 is 1.52 bits per heavy atom. The minimum absolute atomic E-state index is 0.0642. The van der Waals surface area contributed by atoms with Gasteiger partial charge in [0, 0.05) is 12.8 Å². The lowest BCUT2D eigenvalue weighted by molar-refractivity contribution is -0.144. The minimum atomic E-state index is -1.16. The Morgan fingerprint density at radius 1 is 1.00 bits per heavy atom. The molecule has 4 bridgehead atoms. The van der Waals surface area contributed by atoms with Crippen molar-refractivity contribution in [1.82, 2.24) is 5.32 Å². The van der Waals surface area contributed by atoms with Crippen LogP contribution in [0.2, 0.25) is 0 Å². The van der Waals surface area contributed by atoms with Gasteiger partial charge < -0.3 is 15.5 Å². The highest BCUT2D eigenvalue weighted by Crippen LogP contribution is 2.61. The predicted molar refractivity (Wildman–Crippen MR) is 81.7 cm³/mol. The summed E-state index contributed by atoms with van der Waals surface area (Å²) in [5, 5.41) is 20.4. The second-order valence-electron chi connectivity index (χ2n) is 7.99. The lowest BCUT2D eigenvalue weighted by Crippen LogP contribution is -2.49. The number of carbonyl (C=O) groups is 3. The second-order valence-corrected chi connectivity index (χ2v) is 7.99. The quantitative estimate of drug-likeness (QED) is 0.665. The van der Waals surface area contributed by atoms with Gasteiger partial charge in [0.05, 0.1) is 0 Å². The monoisotopic (exact) mass is 323 g/mol. The minimum Gasteiger partial charge on any atom is -0.481 e. The summed E-state index contributed by atoms with van der Waals surface area (Å²) >= 11 is 0. The van der Waals surface area contributed by atoms with Crippen LogP contribution in [0.5, 0.6) is 0 Å². The van der Waals surface area contributed by atoms with Crippen LogP contribution in [0, 0.1) is 23.2 Å². The Kier molecular flexibility index (Phi) is 4.34. The third kappa shape index (κ3) is 3.67. The molecule has 1 atom stereocenters. The molecule has 4 aliphatic rings. The largest absolute Gasteiger partial charge is 0.481 e. The predicted octanol–water partition coefficient (Wildman–Crippen LogP) is 2.03. The molecule has 128 valence electrons. The summed E-state index contributed by atoms with van der Waals surface area (Å²) < 4.78 is 0. The lowest BCUT2D eigenvalue weighted by Gasteiger charge is -2.56. The number of nitrogens with one attached hydrogen (secondary N) is 1. The van der Waals surface area contributed by atoms with E-state index in [-0.39, 0.29) is 24.2 Å². The first-order valence-corrected chi connectivity index (χ1v) is 8.59. The van der Waals surface area contributed by atoms with Gasteiger partial charge in [-0.3, -0.25) is 9.59 Å². The smallest absolute Gasteiger partial charge is 0.326 e. The lowest BCUT2D eigenvalue weighted by atomic mass is 9.49. The van der Waals surface area contributed by atoms with Crippen molar-refractivity contribution >= 4 is 17.8 Å². The molecule has 4 rings (SSSR count). The van der Waals surface area contributed by atoms with Gasteiger partial charge in [0.15, 0.2) is 0 Å². The van der Waals surface area contributed by atoms with Crippen LogP contribution in [0.1, 0.15) is 57.8 Å². The van der Waals surface area contributed by atoms with Gasteiger partial charge in [0.1, 0.15) is 6.04 Å².